The number of aromatic nitrogens is 1. The molecule has 3 aromatic rings. The Morgan fingerprint density at radius 3 is 2.68 bits per heavy atom. The second-order valence-electron chi connectivity index (χ2n) is 6.57. The number of amides is 1. The van der Waals surface area contributed by atoms with E-state index in [4.69, 9.17) is 9.47 Å². The van der Waals surface area contributed by atoms with Crippen LogP contribution in [-0.2, 0) is 0 Å². The molecular formula is C22H20FN3O3S2. The van der Waals surface area contributed by atoms with Gasteiger partial charge in [0.15, 0.2) is 16.6 Å². The van der Waals surface area contributed by atoms with Crippen LogP contribution in [0.2, 0.25) is 0 Å². The monoisotopic (exact) mass is 457 g/mol. The van der Waals surface area contributed by atoms with Crippen LogP contribution in [0.3, 0.4) is 0 Å². The third-order valence-corrected chi connectivity index (χ3v) is 6.39. The molecule has 9 heteroatoms. The molecule has 0 saturated carbocycles. The molecule has 1 fully saturated rings. The van der Waals surface area contributed by atoms with Gasteiger partial charge in [-0.1, -0.05) is 0 Å². The van der Waals surface area contributed by atoms with Crippen molar-refractivity contribution in [3.05, 3.63) is 69.9 Å². The van der Waals surface area contributed by atoms with E-state index in [1.807, 2.05) is 11.5 Å². The van der Waals surface area contributed by atoms with Crippen molar-refractivity contribution in [3.63, 3.8) is 0 Å². The van der Waals surface area contributed by atoms with Crippen molar-refractivity contribution in [1.82, 2.24) is 9.88 Å². The molecule has 1 aliphatic heterocycles. The first-order chi connectivity index (χ1) is 15.1. The number of carbonyl (C=O) groups excluding carboxylic acids is 1. The zero-order valence-corrected chi connectivity index (χ0v) is 18.6. The van der Waals surface area contributed by atoms with E-state index in [2.05, 4.69) is 10.3 Å². The van der Waals surface area contributed by atoms with Gasteiger partial charge < -0.3 is 19.7 Å². The van der Waals surface area contributed by atoms with Crippen LogP contribution in [-0.4, -0.2) is 42.3 Å². The average molecular weight is 458 g/mol. The molecule has 0 atom stereocenters. The van der Waals surface area contributed by atoms with E-state index in [-0.39, 0.29) is 11.7 Å². The molecule has 160 valence electrons. The third-order valence-electron chi connectivity index (χ3n) is 4.60. The molecule has 0 bridgehead atoms. The van der Waals surface area contributed by atoms with E-state index in [1.165, 1.54) is 23.5 Å². The van der Waals surface area contributed by atoms with Crippen LogP contribution in [0.1, 0.15) is 16.1 Å². The summed E-state index contributed by atoms with van der Waals surface area (Å²) in [5.74, 6) is 1.52. The molecule has 1 aliphatic rings. The number of carbonyl (C=O) groups is 1. The second-order valence-corrected chi connectivity index (χ2v) is 8.54. The molecule has 2 aromatic carbocycles. The highest BCUT2D eigenvalue weighted by atomic mass is 32.2. The Bertz CT molecular complexity index is 1120. The quantitative estimate of drug-likeness (QED) is 0.547. The van der Waals surface area contributed by atoms with E-state index in [9.17, 15) is 9.18 Å². The largest absolute Gasteiger partial charge is 0.493 e. The topological polar surface area (TPSA) is 63.7 Å². The molecule has 1 saturated heterocycles. The SMILES string of the molecule is COc1ccc(C(=O)N2CCS/C2=C/c2csc(Nc3ccc(F)cc3)n2)cc1OC. The number of nitrogens with zero attached hydrogens (tertiary/aromatic N) is 2. The number of rotatable bonds is 6. The Labute approximate surface area is 187 Å². The molecule has 6 nitrogen and oxygen atoms in total. The van der Waals surface area contributed by atoms with Gasteiger partial charge in [0.1, 0.15) is 5.82 Å². The smallest absolute Gasteiger partial charge is 0.258 e. The van der Waals surface area contributed by atoms with Gasteiger partial charge in [0, 0.05) is 28.9 Å². The van der Waals surface area contributed by atoms with Crippen LogP contribution in [0.5, 0.6) is 11.5 Å². The van der Waals surface area contributed by atoms with Crippen LogP contribution in [0.15, 0.2) is 52.9 Å². The number of ether oxygens (including phenoxy) is 2. The minimum Gasteiger partial charge on any atom is -0.493 e. The number of halogens is 1. The number of nitrogens with one attached hydrogen (secondary N) is 1. The van der Waals surface area contributed by atoms with Gasteiger partial charge in [-0.15, -0.1) is 23.1 Å². The van der Waals surface area contributed by atoms with E-state index in [0.29, 0.717) is 28.7 Å². The Balaban J connectivity index is 1.51. The van der Waals surface area contributed by atoms with Crippen molar-refractivity contribution in [2.24, 2.45) is 0 Å². The molecule has 4 rings (SSSR count). The van der Waals surface area contributed by atoms with Crippen molar-refractivity contribution >= 4 is 45.9 Å². The van der Waals surface area contributed by atoms with Crippen LogP contribution in [0, 0.1) is 5.82 Å². The normalized spacial score (nSPS) is 14.7. The Kier molecular flexibility index (Phi) is 6.43. The van der Waals surface area contributed by atoms with Gasteiger partial charge >= 0.3 is 0 Å². The molecule has 1 aromatic heterocycles. The zero-order valence-electron chi connectivity index (χ0n) is 16.9. The first-order valence-corrected chi connectivity index (χ1v) is 11.3. The fourth-order valence-corrected chi connectivity index (χ4v) is 4.77. The van der Waals surface area contributed by atoms with E-state index < -0.39 is 0 Å². The lowest BCUT2D eigenvalue weighted by molar-refractivity contribution is 0.0830. The van der Waals surface area contributed by atoms with Gasteiger partial charge in [0.2, 0.25) is 0 Å². The lowest BCUT2D eigenvalue weighted by Gasteiger charge is -2.18. The zero-order chi connectivity index (χ0) is 21.8. The maximum atomic E-state index is 13.1. The van der Waals surface area contributed by atoms with E-state index in [0.717, 1.165) is 22.2 Å². The summed E-state index contributed by atoms with van der Waals surface area (Å²) in [6, 6.07) is 11.3. The fraction of sp³-hybridized carbons (Fsp3) is 0.182. The maximum absolute atomic E-state index is 13.1. The van der Waals surface area contributed by atoms with Crippen LogP contribution >= 0.6 is 23.1 Å². The molecule has 2 heterocycles. The molecule has 0 spiro atoms. The fourth-order valence-electron chi connectivity index (χ4n) is 3.07. The van der Waals surface area contributed by atoms with Gasteiger partial charge in [0.05, 0.1) is 24.9 Å². The minimum atomic E-state index is -0.285. The number of methoxy groups -OCH3 is 2. The van der Waals surface area contributed by atoms with Gasteiger partial charge in [0.25, 0.3) is 5.91 Å². The first-order valence-electron chi connectivity index (χ1n) is 9.44. The lowest BCUT2D eigenvalue weighted by atomic mass is 10.1. The Hall–Kier alpha value is -3.04. The highest BCUT2D eigenvalue weighted by Gasteiger charge is 2.26. The second kappa shape index (κ2) is 9.40. The van der Waals surface area contributed by atoms with E-state index >= 15 is 0 Å². The van der Waals surface area contributed by atoms with Crippen molar-refractivity contribution < 1.29 is 18.7 Å². The van der Waals surface area contributed by atoms with Crippen LogP contribution < -0.4 is 14.8 Å². The minimum absolute atomic E-state index is 0.0999. The summed E-state index contributed by atoms with van der Waals surface area (Å²) in [6.45, 7) is 0.620. The molecule has 31 heavy (non-hydrogen) atoms. The summed E-state index contributed by atoms with van der Waals surface area (Å²) in [7, 11) is 3.10. The highest BCUT2D eigenvalue weighted by Crippen LogP contribution is 2.34. The summed E-state index contributed by atoms with van der Waals surface area (Å²) < 4.78 is 23.6. The molecular weight excluding hydrogens is 437 g/mol. The standard InChI is InChI=1S/C22H20FN3O3S2/c1-28-18-8-3-14(11-19(18)29-2)21(27)26-9-10-30-20(26)12-17-13-31-22(25-17)24-16-6-4-15(23)5-7-16/h3-8,11-13H,9-10H2,1-2H3,(H,24,25)/b20-12+. The number of benzene rings is 2. The molecule has 1 N–H and O–H groups in total. The maximum Gasteiger partial charge on any atom is 0.258 e. The predicted molar refractivity (Wildman–Crippen MR) is 123 cm³/mol. The number of hydrogen-bond acceptors (Lipinski definition) is 7. The third kappa shape index (κ3) is 4.83. The Morgan fingerprint density at radius 2 is 1.94 bits per heavy atom. The van der Waals surface area contributed by atoms with E-state index in [1.54, 1.807) is 61.2 Å². The Morgan fingerprint density at radius 1 is 1.16 bits per heavy atom. The summed E-state index contributed by atoms with van der Waals surface area (Å²) >= 11 is 3.06. The highest BCUT2D eigenvalue weighted by molar-refractivity contribution is 8.03. The average Bonchev–Trinajstić information content (AvgIpc) is 3.44. The van der Waals surface area contributed by atoms with Crippen LogP contribution in [0.4, 0.5) is 15.2 Å². The summed E-state index contributed by atoms with van der Waals surface area (Å²) in [4.78, 5) is 19.4. The van der Waals surface area contributed by atoms with Gasteiger partial charge in [-0.25, -0.2) is 9.37 Å². The van der Waals surface area contributed by atoms with Crippen molar-refractivity contribution in [3.8, 4) is 11.5 Å². The van der Waals surface area contributed by atoms with Crippen molar-refractivity contribution in [2.45, 2.75) is 0 Å². The first kappa shape index (κ1) is 21.2. The van der Waals surface area contributed by atoms with Crippen molar-refractivity contribution in [2.75, 3.05) is 31.8 Å². The van der Waals surface area contributed by atoms with Crippen LogP contribution in [0.25, 0.3) is 6.08 Å². The van der Waals surface area contributed by atoms with Gasteiger partial charge in [-0.2, -0.15) is 0 Å². The molecule has 0 aliphatic carbocycles. The number of anilines is 2. The van der Waals surface area contributed by atoms with Crippen molar-refractivity contribution in [1.29, 1.82) is 0 Å². The van der Waals surface area contributed by atoms with Gasteiger partial charge in [-0.05, 0) is 48.5 Å². The summed E-state index contributed by atoms with van der Waals surface area (Å²) in [5, 5.41) is 6.61. The number of hydrogen-bond donors (Lipinski definition) is 1. The summed E-state index contributed by atoms with van der Waals surface area (Å²) in [5.41, 5.74) is 2.04. The predicted octanol–water partition coefficient (Wildman–Crippen LogP) is 5.23. The number of thiazole rings is 1. The summed E-state index contributed by atoms with van der Waals surface area (Å²) in [6.07, 6.45) is 1.91. The molecule has 0 radical (unpaired) electrons. The lowest BCUT2D eigenvalue weighted by Crippen LogP contribution is -2.26. The van der Waals surface area contributed by atoms with Gasteiger partial charge in [-0.3, -0.25) is 4.79 Å². The number of thioether (sulfide) groups is 1. The molecule has 0 unspecified atom stereocenters. The molecule has 1 amide bonds.